The zero-order chi connectivity index (χ0) is 19.6. The molecule has 0 N–H and O–H groups in total. The second-order valence-corrected chi connectivity index (χ2v) is 7.17. The topological polar surface area (TPSA) is 101 Å². The van der Waals surface area contributed by atoms with Crippen molar-refractivity contribution in [2.45, 2.75) is 51.9 Å². The molecule has 0 saturated carbocycles. The van der Waals surface area contributed by atoms with Crippen LogP contribution in [0.4, 0.5) is 0 Å². The monoisotopic (exact) mass is 374 g/mol. The molecule has 8 heteroatoms. The maximum absolute atomic E-state index is 11.9. The van der Waals surface area contributed by atoms with E-state index in [2.05, 4.69) is 0 Å². The van der Waals surface area contributed by atoms with Gasteiger partial charge in [0, 0.05) is 36.6 Å². The molecule has 3 rings (SSSR count). The fourth-order valence-electron chi connectivity index (χ4n) is 3.56. The van der Waals surface area contributed by atoms with Gasteiger partial charge in [-0.25, -0.2) is 9.69 Å². The quantitative estimate of drug-likeness (QED) is 0.655. The van der Waals surface area contributed by atoms with Gasteiger partial charge in [0.2, 0.25) is 0 Å². The molecule has 2 heterocycles. The van der Waals surface area contributed by atoms with Crippen LogP contribution in [0.2, 0.25) is 0 Å². The van der Waals surface area contributed by atoms with Crippen molar-refractivity contribution in [2.24, 2.45) is 11.8 Å². The molecule has 8 nitrogen and oxygen atoms in total. The Morgan fingerprint density at radius 1 is 1.19 bits per heavy atom. The average molecular weight is 374 g/mol. The normalized spacial score (nSPS) is 25.4. The molecular formula is C19H22N2O6. The Kier molecular flexibility index (Phi) is 5.53. The van der Waals surface area contributed by atoms with Gasteiger partial charge in [-0.15, -0.1) is 5.06 Å². The van der Waals surface area contributed by atoms with E-state index in [1.54, 1.807) is 6.92 Å². The third kappa shape index (κ3) is 4.15. The minimum Gasteiger partial charge on any atom is -0.330 e. The Morgan fingerprint density at radius 3 is 2.44 bits per heavy atom. The lowest BCUT2D eigenvalue weighted by Crippen LogP contribution is -2.33. The summed E-state index contributed by atoms with van der Waals surface area (Å²) in [6.07, 6.45) is 8.25. The van der Waals surface area contributed by atoms with Crippen molar-refractivity contribution in [3.8, 4) is 0 Å². The third-order valence-electron chi connectivity index (χ3n) is 5.11. The van der Waals surface area contributed by atoms with Crippen LogP contribution < -0.4 is 0 Å². The molecule has 2 aliphatic heterocycles. The molecule has 4 amide bonds. The SMILES string of the molecule is CC1CC(=O)N(OC(=O)CCCC2CC=C(N3C(=O)C=CC3=O)CC2)C1=O. The number of allylic oxidation sites excluding steroid dienone is 2. The summed E-state index contributed by atoms with van der Waals surface area (Å²) in [6.45, 7) is 1.62. The van der Waals surface area contributed by atoms with Gasteiger partial charge in [0.1, 0.15) is 0 Å². The molecule has 0 aromatic carbocycles. The number of rotatable bonds is 6. The highest BCUT2D eigenvalue weighted by atomic mass is 16.7. The molecule has 0 radical (unpaired) electrons. The Balaban J connectivity index is 1.40. The second-order valence-electron chi connectivity index (χ2n) is 7.17. The zero-order valence-electron chi connectivity index (χ0n) is 15.2. The maximum Gasteiger partial charge on any atom is 0.333 e. The summed E-state index contributed by atoms with van der Waals surface area (Å²) in [5.74, 6) is -2.22. The van der Waals surface area contributed by atoms with Gasteiger partial charge >= 0.3 is 5.97 Å². The lowest BCUT2D eigenvalue weighted by atomic mass is 9.88. The molecule has 0 spiro atoms. The van der Waals surface area contributed by atoms with E-state index >= 15 is 0 Å². The highest BCUT2D eigenvalue weighted by Crippen LogP contribution is 2.30. The smallest absolute Gasteiger partial charge is 0.330 e. The van der Waals surface area contributed by atoms with Crippen LogP contribution in [0.25, 0.3) is 0 Å². The van der Waals surface area contributed by atoms with Crippen LogP contribution in [0, 0.1) is 11.8 Å². The van der Waals surface area contributed by atoms with E-state index in [4.69, 9.17) is 4.84 Å². The first-order chi connectivity index (χ1) is 12.9. The fraction of sp³-hybridized carbons (Fsp3) is 0.526. The van der Waals surface area contributed by atoms with Gasteiger partial charge in [0.05, 0.1) is 0 Å². The van der Waals surface area contributed by atoms with Crippen LogP contribution in [0.3, 0.4) is 0 Å². The number of carbonyl (C=O) groups is 5. The number of hydrogen-bond acceptors (Lipinski definition) is 6. The van der Waals surface area contributed by atoms with Gasteiger partial charge in [-0.1, -0.05) is 13.0 Å². The summed E-state index contributed by atoms with van der Waals surface area (Å²) >= 11 is 0. The second kappa shape index (κ2) is 7.85. The minimum atomic E-state index is -0.586. The first-order valence-electron chi connectivity index (χ1n) is 9.19. The van der Waals surface area contributed by atoms with E-state index in [0.29, 0.717) is 23.8 Å². The van der Waals surface area contributed by atoms with Gasteiger partial charge in [-0.3, -0.25) is 19.2 Å². The van der Waals surface area contributed by atoms with Crippen LogP contribution in [-0.4, -0.2) is 39.6 Å². The lowest BCUT2D eigenvalue weighted by Gasteiger charge is -2.26. The van der Waals surface area contributed by atoms with Crippen LogP contribution in [0.15, 0.2) is 23.9 Å². The number of hydrogen-bond donors (Lipinski definition) is 0. The van der Waals surface area contributed by atoms with Crippen molar-refractivity contribution in [2.75, 3.05) is 0 Å². The predicted molar refractivity (Wildman–Crippen MR) is 92.0 cm³/mol. The average Bonchev–Trinajstić information content (AvgIpc) is 3.09. The molecule has 144 valence electrons. The Hall–Kier alpha value is -2.77. The molecule has 27 heavy (non-hydrogen) atoms. The molecule has 0 bridgehead atoms. The van der Waals surface area contributed by atoms with Crippen molar-refractivity contribution in [3.63, 3.8) is 0 Å². The fourth-order valence-corrected chi connectivity index (χ4v) is 3.56. The molecule has 0 aromatic heterocycles. The molecule has 3 aliphatic rings. The van der Waals surface area contributed by atoms with Crippen LogP contribution in [0.1, 0.15) is 51.9 Å². The van der Waals surface area contributed by atoms with Crippen molar-refractivity contribution in [1.29, 1.82) is 0 Å². The highest BCUT2D eigenvalue weighted by molar-refractivity contribution is 6.14. The first kappa shape index (κ1) is 19.0. The number of imide groups is 2. The van der Waals surface area contributed by atoms with Gasteiger partial charge in [-0.05, 0) is 38.0 Å². The summed E-state index contributed by atoms with van der Waals surface area (Å²) in [5, 5.41) is 0.584. The van der Waals surface area contributed by atoms with Crippen molar-refractivity contribution in [3.05, 3.63) is 23.9 Å². The third-order valence-corrected chi connectivity index (χ3v) is 5.11. The number of hydroxylamine groups is 2. The van der Waals surface area contributed by atoms with Crippen LogP contribution in [0.5, 0.6) is 0 Å². The van der Waals surface area contributed by atoms with Crippen LogP contribution in [-0.2, 0) is 28.8 Å². The van der Waals surface area contributed by atoms with E-state index in [9.17, 15) is 24.0 Å². The molecule has 2 unspecified atom stereocenters. The van der Waals surface area contributed by atoms with E-state index in [-0.39, 0.29) is 24.7 Å². The lowest BCUT2D eigenvalue weighted by molar-refractivity contribution is -0.198. The van der Waals surface area contributed by atoms with Crippen LogP contribution >= 0.6 is 0 Å². The highest BCUT2D eigenvalue weighted by Gasteiger charge is 2.38. The van der Waals surface area contributed by atoms with Gasteiger partial charge in [0.15, 0.2) is 0 Å². The summed E-state index contributed by atoms with van der Waals surface area (Å²) in [7, 11) is 0. The molecule has 1 aliphatic carbocycles. The summed E-state index contributed by atoms with van der Waals surface area (Å²) in [4.78, 5) is 64.7. The number of amides is 4. The zero-order valence-corrected chi connectivity index (χ0v) is 15.2. The number of nitrogens with zero attached hydrogens (tertiary/aromatic N) is 2. The molecular weight excluding hydrogens is 352 g/mol. The molecule has 1 saturated heterocycles. The molecule has 0 aromatic rings. The van der Waals surface area contributed by atoms with Crippen molar-refractivity contribution < 1.29 is 28.8 Å². The standard InChI is InChI=1S/C19H22N2O6/c1-12-11-17(24)21(19(12)26)27-18(25)4-2-3-13-5-7-14(8-6-13)20-15(22)9-10-16(20)23/h7,9-10,12-13H,2-6,8,11H2,1H3. The predicted octanol–water partition coefficient (Wildman–Crippen LogP) is 1.62. The first-order valence-corrected chi connectivity index (χ1v) is 9.19. The van der Waals surface area contributed by atoms with E-state index in [1.165, 1.54) is 17.1 Å². The van der Waals surface area contributed by atoms with Gasteiger partial charge in [-0.2, -0.15) is 0 Å². The van der Waals surface area contributed by atoms with Crippen molar-refractivity contribution >= 4 is 29.6 Å². The van der Waals surface area contributed by atoms with E-state index < -0.39 is 23.7 Å². The molecule has 2 atom stereocenters. The number of carbonyl (C=O) groups excluding carboxylic acids is 5. The Bertz CT molecular complexity index is 735. The largest absolute Gasteiger partial charge is 0.333 e. The molecule has 1 fully saturated rings. The van der Waals surface area contributed by atoms with E-state index in [1.807, 2.05) is 6.08 Å². The minimum absolute atomic E-state index is 0.0698. The summed E-state index contributed by atoms with van der Waals surface area (Å²) in [5.41, 5.74) is 0.742. The van der Waals surface area contributed by atoms with E-state index in [0.717, 1.165) is 25.0 Å². The Morgan fingerprint density at radius 2 is 1.89 bits per heavy atom. The summed E-state index contributed by atoms with van der Waals surface area (Å²) < 4.78 is 0. The summed E-state index contributed by atoms with van der Waals surface area (Å²) in [6, 6.07) is 0. The van der Waals surface area contributed by atoms with Gasteiger partial charge < -0.3 is 4.84 Å². The van der Waals surface area contributed by atoms with Crippen molar-refractivity contribution in [1.82, 2.24) is 9.96 Å². The Labute approximate surface area is 156 Å². The van der Waals surface area contributed by atoms with Gasteiger partial charge in [0.25, 0.3) is 23.6 Å². The maximum atomic E-state index is 11.9.